The molecule has 0 aromatic heterocycles. The van der Waals surface area contributed by atoms with Crippen LogP contribution >= 0.6 is 15.9 Å². The van der Waals surface area contributed by atoms with Crippen molar-refractivity contribution in [3.05, 3.63) is 58.1 Å². The maximum Gasteiger partial charge on any atom is 0.122 e. The summed E-state index contributed by atoms with van der Waals surface area (Å²) in [7, 11) is 3.27. The lowest BCUT2D eigenvalue weighted by Crippen LogP contribution is -2.13. The molecule has 0 radical (unpaired) electrons. The first-order chi connectivity index (χ1) is 9.62. The highest BCUT2D eigenvalue weighted by atomic mass is 79.9. The third-order valence-electron chi connectivity index (χ3n) is 3.15. The van der Waals surface area contributed by atoms with Crippen molar-refractivity contribution in [3.63, 3.8) is 0 Å². The second kappa shape index (κ2) is 6.77. The molecule has 2 N–H and O–H groups in total. The quantitative estimate of drug-likeness (QED) is 0.905. The van der Waals surface area contributed by atoms with Gasteiger partial charge in [0.05, 0.1) is 14.2 Å². The SMILES string of the molecule is COc1cc(OC)cc(C(N)Cc2cccc(Br)c2)c1. The first kappa shape index (κ1) is 14.9. The Kier molecular flexibility index (Phi) is 5.04. The van der Waals surface area contributed by atoms with Gasteiger partial charge in [-0.15, -0.1) is 0 Å². The molecule has 0 aliphatic rings. The van der Waals surface area contributed by atoms with E-state index in [-0.39, 0.29) is 6.04 Å². The molecule has 106 valence electrons. The van der Waals surface area contributed by atoms with Crippen molar-refractivity contribution in [2.24, 2.45) is 5.73 Å². The summed E-state index contributed by atoms with van der Waals surface area (Å²) in [6.45, 7) is 0. The van der Waals surface area contributed by atoms with Crippen molar-refractivity contribution < 1.29 is 9.47 Å². The molecule has 0 saturated heterocycles. The molecule has 1 atom stereocenters. The number of hydrogen-bond acceptors (Lipinski definition) is 3. The van der Waals surface area contributed by atoms with Crippen LogP contribution in [0.2, 0.25) is 0 Å². The summed E-state index contributed by atoms with van der Waals surface area (Å²) in [5, 5.41) is 0. The Bertz CT molecular complexity index is 564. The van der Waals surface area contributed by atoms with Gasteiger partial charge in [0.25, 0.3) is 0 Å². The molecule has 0 amide bonds. The molecule has 0 saturated carbocycles. The fraction of sp³-hybridized carbons (Fsp3) is 0.250. The van der Waals surface area contributed by atoms with Gasteiger partial charge in [-0.3, -0.25) is 0 Å². The fourth-order valence-electron chi connectivity index (χ4n) is 2.08. The molecule has 0 bridgehead atoms. The van der Waals surface area contributed by atoms with E-state index in [0.717, 1.165) is 28.0 Å². The molecule has 1 unspecified atom stereocenters. The van der Waals surface area contributed by atoms with E-state index in [4.69, 9.17) is 15.2 Å². The lowest BCUT2D eigenvalue weighted by atomic mass is 9.99. The van der Waals surface area contributed by atoms with Crippen LogP contribution in [0.4, 0.5) is 0 Å². The monoisotopic (exact) mass is 335 g/mol. The highest BCUT2D eigenvalue weighted by molar-refractivity contribution is 9.10. The second-order valence-corrected chi connectivity index (χ2v) is 5.50. The topological polar surface area (TPSA) is 44.5 Å². The summed E-state index contributed by atoms with van der Waals surface area (Å²) in [5.74, 6) is 1.51. The number of hydrogen-bond donors (Lipinski definition) is 1. The number of rotatable bonds is 5. The van der Waals surface area contributed by atoms with Crippen LogP contribution in [-0.2, 0) is 6.42 Å². The molecule has 0 heterocycles. The van der Waals surface area contributed by atoms with Crippen LogP contribution < -0.4 is 15.2 Å². The van der Waals surface area contributed by atoms with E-state index < -0.39 is 0 Å². The Balaban J connectivity index is 2.22. The van der Waals surface area contributed by atoms with E-state index in [9.17, 15) is 0 Å². The van der Waals surface area contributed by atoms with Gasteiger partial charge in [-0.05, 0) is 41.8 Å². The van der Waals surface area contributed by atoms with Gasteiger partial charge in [0.15, 0.2) is 0 Å². The lowest BCUT2D eigenvalue weighted by molar-refractivity contribution is 0.392. The highest BCUT2D eigenvalue weighted by Crippen LogP contribution is 2.27. The van der Waals surface area contributed by atoms with Gasteiger partial charge in [0.2, 0.25) is 0 Å². The molecule has 20 heavy (non-hydrogen) atoms. The summed E-state index contributed by atoms with van der Waals surface area (Å²) in [6, 6.07) is 13.8. The zero-order valence-electron chi connectivity index (χ0n) is 11.6. The molecule has 2 aromatic carbocycles. The van der Waals surface area contributed by atoms with Gasteiger partial charge in [-0.25, -0.2) is 0 Å². The van der Waals surface area contributed by atoms with Crippen molar-refractivity contribution in [3.8, 4) is 11.5 Å². The fourth-order valence-corrected chi connectivity index (χ4v) is 2.53. The number of methoxy groups -OCH3 is 2. The zero-order chi connectivity index (χ0) is 14.5. The molecule has 4 heteroatoms. The Morgan fingerprint density at radius 3 is 2.25 bits per heavy atom. The predicted molar refractivity (Wildman–Crippen MR) is 84.3 cm³/mol. The predicted octanol–water partition coefficient (Wildman–Crippen LogP) is 3.71. The Hall–Kier alpha value is -1.52. The Morgan fingerprint density at radius 1 is 1.05 bits per heavy atom. The van der Waals surface area contributed by atoms with E-state index in [1.54, 1.807) is 14.2 Å². The largest absolute Gasteiger partial charge is 0.497 e. The van der Waals surface area contributed by atoms with Crippen LogP contribution in [0.1, 0.15) is 17.2 Å². The standard InChI is InChI=1S/C16H18BrNO2/c1-19-14-8-12(9-15(10-14)20-2)16(18)7-11-4-3-5-13(17)6-11/h3-6,8-10,16H,7,18H2,1-2H3. The lowest BCUT2D eigenvalue weighted by Gasteiger charge is -2.15. The molecule has 2 rings (SSSR count). The van der Waals surface area contributed by atoms with E-state index in [1.165, 1.54) is 5.56 Å². The first-order valence-electron chi connectivity index (χ1n) is 6.35. The van der Waals surface area contributed by atoms with Crippen molar-refractivity contribution in [2.75, 3.05) is 14.2 Å². The van der Waals surface area contributed by atoms with Gasteiger partial charge in [-0.1, -0.05) is 28.1 Å². The van der Waals surface area contributed by atoms with Crippen LogP contribution in [-0.4, -0.2) is 14.2 Å². The molecule has 3 nitrogen and oxygen atoms in total. The zero-order valence-corrected chi connectivity index (χ0v) is 13.2. The number of halogens is 1. The number of benzene rings is 2. The van der Waals surface area contributed by atoms with Crippen LogP contribution in [0.3, 0.4) is 0 Å². The van der Waals surface area contributed by atoms with Gasteiger partial charge in [-0.2, -0.15) is 0 Å². The third-order valence-corrected chi connectivity index (χ3v) is 3.64. The average molecular weight is 336 g/mol. The summed E-state index contributed by atoms with van der Waals surface area (Å²) in [6.07, 6.45) is 0.760. The second-order valence-electron chi connectivity index (χ2n) is 4.59. The van der Waals surface area contributed by atoms with Gasteiger partial charge >= 0.3 is 0 Å². The Labute approximate surface area is 127 Å². The molecular weight excluding hydrogens is 318 g/mol. The third kappa shape index (κ3) is 3.74. The van der Waals surface area contributed by atoms with Crippen LogP contribution in [0.5, 0.6) is 11.5 Å². The smallest absolute Gasteiger partial charge is 0.122 e. The maximum atomic E-state index is 6.30. The minimum atomic E-state index is -0.103. The molecule has 2 aromatic rings. The van der Waals surface area contributed by atoms with Crippen molar-refractivity contribution in [1.29, 1.82) is 0 Å². The number of nitrogens with two attached hydrogens (primary N) is 1. The summed E-state index contributed by atoms with van der Waals surface area (Å²) in [4.78, 5) is 0. The van der Waals surface area contributed by atoms with Gasteiger partial charge < -0.3 is 15.2 Å². The molecule has 0 aliphatic heterocycles. The molecule has 0 fully saturated rings. The minimum Gasteiger partial charge on any atom is -0.497 e. The van der Waals surface area contributed by atoms with Crippen molar-refractivity contribution >= 4 is 15.9 Å². The average Bonchev–Trinajstić information content (AvgIpc) is 2.46. The van der Waals surface area contributed by atoms with Crippen LogP contribution in [0.25, 0.3) is 0 Å². The normalized spacial score (nSPS) is 12.0. The van der Waals surface area contributed by atoms with Crippen molar-refractivity contribution in [2.45, 2.75) is 12.5 Å². The number of ether oxygens (including phenoxy) is 2. The van der Waals surface area contributed by atoms with Gasteiger partial charge in [0.1, 0.15) is 11.5 Å². The molecular formula is C16H18BrNO2. The van der Waals surface area contributed by atoms with Crippen LogP contribution in [0.15, 0.2) is 46.9 Å². The van der Waals surface area contributed by atoms with Gasteiger partial charge in [0, 0.05) is 16.6 Å². The summed E-state index contributed by atoms with van der Waals surface area (Å²) >= 11 is 3.47. The van der Waals surface area contributed by atoms with Crippen LogP contribution in [0, 0.1) is 0 Å². The summed E-state index contributed by atoms with van der Waals surface area (Å²) in [5.41, 5.74) is 8.49. The van der Waals surface area contributed by atoms with E-state index >= 15 is 0 Å². The Morgan fingerprint density at radius 2 is 1.70 bits per heavy atom. The van der Waals surface area contributed by atoms with E-state index in [1.807, 2.05) is 30.3 Å². The van der Waals surface area contributed by atoms with E-state index in [2.05, 4.69) is 28.1 Å². The summed E-state index contributed by atoms with van der Waals surface area (Å²) < 4.78 is 11.6. The highest BCUT2D eigenvalue weighted by Gasteiger charge is 2.11. The maximum absolute atomic E-state index is 6.30. The minimum absolute atomic E-state index is 0.103. The first-order valence-corrected chi connectivity index (χ1v) is 7.14. The molecule has 0 aliphatic carbocycles. The molecule has 0 spiro atoms. The van der Waals surface area contributed by atoms with E-state index in [0.29, 0.717) is 0 Å². The van der Waals surface area contributed by atoms with Crippen molar-refractivity contribution in [1.82, 2.24) is 0 Å².